The lowest BCUT2D eigenvalue weighted by Gasteiger charge is -2.08. The molecule has 0 saturated carbocycles. The number of nitrogens with zero attached hydrogens (tertiary/aromatic N) is 1. The molecule has 1 nitrogen and oxygen atoms in total. The monoisotopic (exact) mass is 389 g/mol. The molecule has 114 valence electrons. The van der Waals surface area contributed by atoms with Gasteiger partial charge >= 0.3 is 0 Å². The number of benzene rings is 3. The summed E-state index contributed by atoms with van der Waals surface area (Å²) < 4.78 is 2.36. The number of hydrogen-bond acceptors (Lipinski definition) is 2. The highest BCUT2D eigenvalue weighted by atomic mass is 79.9. The number of hydrogen-bond donors (Lipinski definition) is 0. The standard InChI is InChI=1S/C21H12BrNS/c22-14-7-5-6-13(12-14)20-16-9-2-1-8-15(16)19-17-10-3-4-11-18(17)24-21(19)23-20/h1-12H. The van der Waals surface area contributed by atoms with Crippen LogP contribution in [0.25, 0.3) is 42.3 Å². The van der Waals surface area contributed by atoms with Crippen LogP contribution in [0, 0.1) is 0 Å². The summed E-state index contributed by atoms with van der Waals surface area (Å²) in [4.78, 5) is 6.15. The molecule has 2 aromatic heterocycles. The molecule has 0 amide bonds. The minimum Gasteiger partial charge on any atom is -0.236 e. The summed E-state index contributed by atoms with van der Waals surface area (Å²) in [6, 6.07) is 25.5. The molecule has 0 saturated heterocycles. The molecule has 0 aliphatic heterocycles. The predicted octanol–water partition coefficient (Wildman–Crippen LogP) is 7.03. The summed E-state index contributed by atoms with van der Waals surface area (Å²) in [5.41, 5.74) is 2.19. The zero-order chi connectivity index (χ0) is 16.1. The van der Waals surface area contributed by atoms with E-state index in [1.807, 2.05) is 6.07 Å². The van der Waals surface area contributed by atoms with Crippen LogP contribution in [0.5, 0.6) is 0 Å². The molecule has 0 spiro atoms. The normalized spacial score (nSPS) is 11.5. The molecule has 5 rings (SSSR count). The van der Waals surface area contributed by atoms with Crippen molar-refractivity contribution in [3.8, 4) is 11.3 Å². The second kappa shape index (κ2) is 5.40. The molecule has 3 aromatic carbocycles. The third-order valence-corrected chi connectivity index (χ3v) is 5.90. The first-order chi connectivity index (χ1) is 11.8. The van der Waals surface area contributed by atoms with Crippen LogP contribution in [-0.2, 0) is 0 Å². The van der Waals surface area contributed by atoms with Gasteiger partial charge in [0, 0.05) is 30.9 Å². The van der Waals surface area contributed by atoms with Gasteiger partial charge in [0.25, 0.3) is 0 Å². The maximum absolute atomic E-state index is 5.05. The molecular weight excluding hydrogens is 378 g/mol. The van der Waals surface area contributed by atoms with E-state index in [0.29, 0.717) is 0 Å². The Labute approximate surface area is 151 Å². The van der Waals surface area contributed by atoms with Gasteiger partial charge in [-0.3, -0.25) is 0 Å². The zero-order valence-corrected chi connectivity index (χ0v) is 15.1. The first-order valence-electron chi connectivity index (χ1n) is 7.77. The Balaban J connectivity index is 1.99. The summed E-state index contributed by atoms with van der Waals surface area (Å²) in [5.74, 6) is 0. The van der Waals surface area contributed by atoms with E-state index in [2.05, 4.69) is 82.7 Å². The van der Waals surface area contributed by atoms with Crippen LogP contribution in [0.4, 0.5) is 0 Å². The average molecular weight is 390 g/mol. The first-order valence-corrected chi connectivity index (χ1v) is 9.38. The molecule has 0 aliphatic carbocycles. The summed E-state index contributed by atoms with van der Waals surface area (Å²) in [6.07, 6.45) is 0. The van der Waals surface area contributed by atoms with E-state index in [1.54, 1.807) is 11.3 Å². The molecule has 0 atom stereocenters. The Morgan fingerprint density at radius 3 is 2.33 bits per heavy atom. The lowest BCUT2D eigenvalue weighted by Crippen LogP contribution is -1.87. The third-order valence-electron chi connectivity index (χ3n) is 4.34. The highest BCUT2D eigenvalue weighted by molar-refractivity contribution is 9.10. The minimum atomic E-state index is 1.05. The molecule has 0 unspecified atom stereocenters. The molecule has 5 aromatic rings. The molecule has 2 heterocycles. The van der Waals surface area contributed by atoms with Crippen molar-refractivity contribution in [2.75, 3.05) is 0 Å². The van der Waals surface area contributed by atoms with Gasteiger partial charge in [0.05, 0.1) is 5.69 Å². The molecular formula is C21H12BrNS. The number of pyridine rings is 1. The summed E-state index contributed by atoms with van der Waals surface area (Å²) in [6.45, 7) is 0. The molecule has 0 fully saturated rings. The van der Waals surface area contributed by atoms with Crippen molar-refractivity contribution in [1.29, 1.82) is 0 Å². The van der Waals surface area contributed by atoms with E-state index in [9.17, 15) is 0 Å². The van der Waals surface area contributed by atoms with Crippen molar-refractivity contribution < 1.29 is 0 Å². The van der Waals surface area contributed by atoms with Gasteiger partial charge < -0.3 is 0 Å². The maximum Gasteiger partial charge on any atom is 0.125 e. The van der Waals surface area contributed by atoms with E-state index in [0.717, 1.165) is 20.6 Å². The fraction of sp³-hybridized carbons (Fsp3) is 0. The van der Waals surface area contributed by atoms with Gasteiger partial charge in [-0.1, -0.05) is 70.5 Å². The molecule has 0 bridgehead atoms. The fourth-order valence-electron chi connectivity index (χ4n) is 3.30. The SMILES string of the molecule is Brc1cccc(-c2nc3sc4ccccc4c3c3ccccc23)c1. The summed E-state index contributed by atoms with van der Waals surface area (Å²) in [5, 5.41) is 5.04. The molecule has 3 heteroatoms. The Bertz CT molecular complexity index is 1220. The Hall–Kier alpha value is -2.23. The second-order valence-electron chi connectivity index (χ2n) is 5.79. The molecule has 24 heavy (non-hydrogen) atoms. The molecule has 0 aliphatic rings. The maximum atomic E-state index is 5.05. The van der Waals surface area contributed by atoms with Gasteiger partial charge in [0.1, 0.15) is 4.83 Å². The first kappa shape index (κ1) is 14.1. The van der Waals surface area contributed by atoms with Gasteiger partial charge in [-0.2, -0.15) is 0 Å². The predicted molar refractivity (Wildman–Crippen MR) is 108 cm³/mol. The number of rotatable bonds is 1. The van der Waals surface area contributed by atoms with Gasteiger partial charge in [-0.05, 0) is 23.6 Å². The molecule has 0 radical (unpaired) electrons. The van der Waals surface area contributed by atoms with Crippen molar-refractivity contribution in [3.05, 3.63) is 77.3 Å². The van der Waals surface area contributed by atoms with Crippen LogP contribution in [0.3, 0.4) is 0 Å². The van der Waals surface area contributed by atoms with Crippen LogP contribution in [0.2, 0.25) is 0 Å². The number of halogens is 1. The lowest BCUT2D eigenvalue weighted by molar-refractivity contribution is 1.45. The highest BCUT2D eigenvalue weighted by Gasteiger charge is 2.14. The van der Waals surface area contributed by atoms with Crippen molar-refractivity contribution in [1.82, 2.24) is 4.98 Å². The van der Waals surface area contributed by atoms with E-state index in [-0.39, 0.29) is 0 Å². The Morgan fingerprint density at radius 2 is 1.50 bits per heavy atom. The quantitative estimate of drug-likeness (QED) is 0.299. The van der Waals surface area contributed by atoms with Crippen molar-refractivity contribution in [3.63, 3.8) is 0 Å². The Morgan fingerprint density at radius 1 is 0.750 bits per heavy atom. The van der Waals surface area contributed by atoms with Gasteiger partial charge in [-0.15, -0.1) is 11.3 Å². The summed E-state index contributed by atoms with van der Waals surface area (Å²) in [7, 11) is 0. The molecule has 0 N–H and O–H groups in total. The number of thiophene rings is 1. The lowest BCUT2D eigenvalue weighted by atomic mass is 10.0. The minimum absolute atomic E-state index is 1.05. The van der Waals surface area contributed by atoms with Crippen LogP contribution in [0.15, 0.2) is 77.3 Å². The van der Waals surface area contributed by atoms with Crippen molar-refractivity contribution >= 4 is 58.3 Å². The van der Waals surface area contributed by atoms with Crippen molar-refractivity contribution in [2.45, 2.75) is 0 Å². The van der Waals surface area contributed by atoms with E-state index in [1.165, 1.54) is 26.2 Å². The van der Waals surface area contributed by atoms with Gasteiger partial charge in [-0.25, -0.2) is 4.98 Å². The van der Waals surface area contributed by atoms with Gasteiger partial charge in [0.15, 0.2) is 0 Å². The number of aromatic nitrogens is 1. The fourth-order valence-corrected chi connectivity index (χ4v) is 4.79. The smallest absolute Gasteiger partial charge is 0.125 e. The average Bonchev–Trinajstić information content (AvgIpc) is 2.99. The van der Waals surface area contributed by atoms with Crippen molar-refractivity contribution in [2.24, 2.45) is 0 Å². The second-order valence-corrected chi connectivity index (χ2v) is 7.74. The van der Waals surface area contributed by atoms with E-state index < -0.39 is 0 Å². The van der Waals surface area contributed by atoms with Crippen LogP contribution in [0.1, 0.15) is 0 Å². The summed E-state index contributed by atoms with van der Waals surface area (Å²) >= 11 is 5.34. The van der Waals surface area contributed by atoms with Crippen LogP contribution in [-0.4, -0.2) is 4.98 Å². The van der Waals surface area contributed by atoms with E-state index >= 15 is 0 Å². The topological polar surface area (TPSA) is 12.9 Å². The third kappa shape index (κ3) is 2.09. The van der Waals surface area contributed by atoms with E-state index in [4.69, 9.17) is 4.98 Å². The Kier molecular flexibility index (Phi) is 3.18. The highest BCUT2D eigenvalue weighted by Crippen LogP contribution is 2.40. The zero-order valence-electron chi connectivity index (χ0n) is 12.7. The van der Waals surface area contributed by atoms with Gasteiger partial charge in [0.2, 0.25) is 0 Å². The number of fused-ring (bicyclic) bond motifs is 5. The van der Waals surface area contributed by atoms with Crippen LogP contribution >= 0.6 is 27.3 Å². The van der Waals surface area contributed by atoms with Crippen LogP contribution < -0.4 is 0 Å². The largest absolute Gasteiger partial charge is 0.236 e.